The summed E-state index contributed by atoms with van der Waals surface area (Å²) in [6.07, 6.45) is 4.84. The fraction of sp³-hybridized carbons (Fsp3) is 0.609. The molecule has 2 fully saturated rings. The number of amides is 1. The standard InChI is InChI=1S/C23H29NO6S/c1-11(25)24-17(22(29)30)10-31-18-9-15-12-7-8-23(2)16(5-6-19(23)26)13(12)3-4-14(15)20(27)21(18)28/h9,12-13,16-17,27-28H,3-8,10H2,1-2H3,(H,24,25)(H,29,30)/t12?,13?,16?,17?,23-/m0/s1. The summed E-state index contributed by atoms with van der Waals surface area (Å²) in [7, 11) is 0. The molecule has 1 aromatic rings. The normalized spacial score (nSPS) is 30.1. The van der Waals surface area contributed by atoms with Gasteiger partial charge in [0.05, 0.1) is 4.90 Å². The Balaban J connectivity index is 1.62. The Morgan fingerprint density at radius 2 is 1.97 bits per heavy atom. The van der Waals surface area contributed by atoms with E-state index in [1.165, 1.54) is 6.92 Å². The van der Waals surface area contributed by atoms with Gasteiger partial charge in [0.2, 0.25) is 5.91 Å². The molecule has 7 nitrogen and oxygen atoms in total. The molecule has 1 amide bonds. The summed E-state index contributed by atoms with van der Waals surface area (Å²) < 4.78 is 0. The second-order valence-electron chi connectivity index (χ2n) is 9.38. The zero-order valence-corrected chi connectivity index (χ0v) is 18.6. The molecular formula is C23H29NO6S. The second kappa shape index (κ2) is 8.04. The highest BCUT2D eigenvalue weighted by Crippen LogP contribution is 2.61. The third-order valence-electron chi connectivity index (χ3n) is 7.73. The van der Waals surface area contributed by atoms with Crippen LogP contribution in [0.3, 0.4) is 0 Å². The van der Waals surface area contributed by atoms with Crippen molar-refractivity contribution in [1.29, 1.82) is 0 Å². The summed E-state index contributed by atoms with van der Waals surface area (Å²) in [5.74, 6) is -0.573. The number of carbonyl (C=O) groups excluding carboxylic acids is 2. The van der Waals surface area contributed by atoms with Crippen LogP contribution in [0.5, 0.6) is 11.5 Å². The minimum Gasteiger partial charge on any atom is -0.504 e. The average Bonchev–Trinajstić information content (AvgIpc) is 3.02. The molecular weight excluding hydrogens is 418 g/mol. The summed E-state index contributed by atoms with van der Waals surface area (Å²) in [5.41, 5.74) is 1.55. The van der Waals surface area contributed by atoms with E-state index in [4.69, 9.17) is 0 Å². The highest BCUT2D eigenvalue weighted by molar-refractivity contribution is 7.99. The number of carboxylic acids is 1. The van der Waals surface area contributed by atoms with Crippen LogP contribution in [0.15, 0.2) is 11.0 Å². The fourth-order valence-electron chi connectivity index (χ4n) is 6.15. The van der Waals surface area contributed by atoms with Crippen LogP contribution in [-0.2, 0) is 20.8 Å². The number of thioether (sulfide) groups is 1. The minimum absolute atomic E-state index is 0.0317. The molecule has 4 rings (SSSR count). The van der Waals surface area contributed by atoms with E-state index in [1.54, 1.807) is 0 Å². The van der Waals surface area contributed by atoms with Crippen molar-refractivity contribution < 1.29 is 29.7 Å². The van der Waals surface area contributed by atoms with Gasteiger partial charge in [-0.05, 0) is 61.5 Å². The molecule has 0 heterocycles. The number of hydrogen-bond donors (Lipinski definition) is 4. The van der Waals surface area contributed by atoms with Crippen LogP contribution in [0.1, 0.15) is 63.0 Å². The van der Waals surface area contributed by atoms with Crippen LogP contribution in [0, 0.1) is 17.3 Å². The van der Waals surface area contributed by atoms with E-state index in [2.05, 4.69) is 12.2 Å². The van der Waals surface area contributed by atoms with Crippen molar-refractivity contribution in [1.82, 2.24) is 5.32 Å². The van der Waals surface area contributed by atoms with Crippen LogP contribution in [-0.4, -0.2) is 44.8 Å². The third kappa shape index (κ3) is 3.69. The SMILES string of the molecule is CC(=O)NC(CSc1cc2c(c(O)c1O)CCC1C2CC[C@]2(C)C(=O)CCC12)C(=O)O. The first kappa shape index (κ1) is 22.0. The molecule has 0 bridgehead atoms. The lowest BCUT2D eigenvalue weighted by molar-refractivity contribution is -0.140. The minimum atomic E-state index is -1.15. The summed E-state index contributed by atoms with van der Waals surface area (Å²) in [5, 5.41) is 33.0. The predicted molar refractivity (Wildman–Crippen MR) is 115 cm³/mol. The Kier molecular flexibility index (Phi) is 5.70. The monoisotopic (exact) mass is 447 g/mol. The fourth-order valence-corrected chi connectivity index (χ4v) is 7.16. The van der Waals surface area contributed by atoms with Crippen molar-refractivity contribution in [2.24, 2.45) is 17.3 Å². The summed E-state index contributed by atoms with van der Waals surface area (Å²) in [6.45, 7) is 3.37. The van der Waals surface area contributed by atoms with Crippen molar-refractivity contribution in [3.8, 4) is 11.5 Å². The van der Waals surface area contributed by atoms with Crippen molar-refractivity contribution in [3.05, 3.63) is 17.2 Å². The van der Waals surface area contributed by atoms with Gasteiger partial charge in [0.15, 0.2) is 11.5 Å². The summed E-state index contributed by atoms with van der Waals surface area (Å²) >= 11 is 1.11. The number of rotatable bonds is 5. The number of carbonyl (C=O) groups is 3. The van der Waals surface area contributed by atoms with E-state index in [-0.39, 0.29) is 28.6 Å². The van der Waals surface area contributed by atoms with Gasteiger partial charge in [-0.2, -0.15) is 0 Å². The molecule has 5 atom stereocenters. The Morgan fingerprint density at radius 3 is 2.65 bits per heavy atom. The number of hydrogen-bond acceptors (Lipinski definition) is 6. The summed E-state index contributed by atoms with van der Waals surface area (Å²) in [4.78, 5) is 35.7. The molecule has 4 unspecified atom stereocenters. The number of fused-ring (bicyclic) bond motifs is 5. The second-order valence-corrected chi connectivity index (χ2v) is 10.4. The third-order valence-corrected chi connectivity index (χ3v) is 8.86. The van der Waals surface area contributed by atoms with E-state index in [0.717, 1.165) is 48.6 Å². The van der Waals surface area contributed by atoms with Crippen LogP contribution >= 0.6 is 11.8 Å². The van der Waals surface area contributed by atoms with E-state index < -0.39 is 17.9 Å². The zero-order chi connectivity index (χ0) is 22.5. The van der Waals surface area contributed by atoms with Crippen molar-refractivity contribution >= 4 is 29.4 Å². The van der Waals surface area contributed by atoms with Gasteiger partial charge in [-0.15, -0.1) is 11.8 Å². The van der Waals surface area contributed by atoms with Gasteiger partial charge in [-0.3, -0.25) is 9.59 Å². The molecule has 0 radical (unpaired) electrons. The van der Waals surface area contributed by atoms with E-state index in [1.807, 2.05) is 6.07 Å². The van der Waals surface area contributed by atoms with Crippen LogP contribution in [0.25, 0.3) is 0 Å². The van der Waals surface area contributed by atoms with Gasteiger partial charge >= 0.3 is 5.97 Å². The largest absolute Gasteiger partial charge is 0.504 e. The Bertz CT molecular complexity index is 946. The topological polar surface area (TPSA) is 124 Å². The number of carboxylic acid groups (broad SMARTS) is 1. The highest BCUT2D eigenvalue weighted by Gasteiger charge is 2.54. The molecule has 3 aliphatic rings. The quantitative estimate of drug-likeness (QED) is 0.404. The number of ketones is 1. The number of benzene rings is 1. The van der Waals surface area contributed by atoms with Crippen molar-refractivity contribution in [2.45, 2.75) is 69.2 Å². The number of phenols is 2. The maximum atomic E-state index is 12.5. The molecule has 3 aliphatic carbocycles. The van der Waals surface area contributed by atoms with E-state index in [0.29, 0.717) is 35.4 Å². The summed E-state index contributed by atoms with van der Waals surface area (Å²) in [6, 6.07) is 0.797. The smallest absolute Gasteiger partial charge is 0.327 e. The lowest BCUT2D eigenvalue weighted by Crippen LogP contribution is -2.42. The van der Waals surface area contributed by atoms with Gasteiger partial charge in [0, 0.05) is 30.1 Å². The first-order valence-corrected chi connectivity index (χ1v) is 11.9. The van der Waals surface area contributed by atoms with E-state index in [9.17, 15) is 29.7 Å². The molecule has 2 saturated carbocycles. The Hall–Kier alpha value is -2.22. The number of phenolic OH excluding ortho intramolecular Hbond substituents is 2. The molecule has 0 aromatic heterocycles. The van der Waals surface area contributed by atoms with Crippen LogP contribution in [0.2, 0.25) is 0 Å². The average molecular weight is 448 g/mol. The van der Waals surface area contributed by atoms with Crippen molar-refractivity contribution in [3.63, 3.8) is 0 Å². The van der Waals surface area contributed by atoms with Crippen LogP contribution in [0.4, 0.5) is 0 Å². The molecule has 1 aromatic carbocycles. The lowest BCUT2D eigenvalue weighted by Gasteiger charge is -2.48. The zero-order valence-electron chi connectivity index (χ0n) is 17.8. The van der Waals surface area contributed by atoms with Gasteiger partial charge in [0.25, 0.3) is 0 Å². The molecule has 0 aliphatic heterocycles. The van der Waals surface area contributed by atoms with E-state index >= 15 is 0 Å². The van der Waals surface area contributed by atoms with Crippen molar-refractivity contribution in [2.75, 3.05) is 5.75 Å². The lowest BCUT2D eigenvalue weighted by atomic mass is 9.55. The highest BCUT2D eigenvalue weighted by atomic mass is 32.2. The molecule has 4 N–H and O–H groups in total. The Morgan fingerprint density at radius 1 is 1.23 bits per heavy atom. The first-order valence-electron chi connectivity index (χ1n) is 10.9. The van der Waals surface area contributed by atoms with Gasteiger partial charge in [-0.25, -0.2) is 4.79 Å². The van der Waals surface area contributed by atoms with Gasteiger partial charge in [0.1, 0.15) is 11.8 Å². The maximum absolute atomic E-state index is 12.5. The van der Waals surface area contributed by atoms with Gasteiger partial charge in [-0.1, -0.05) is 6.92 Å². The maximum Gasteiger partial charge on any atom is 0.327 e. The molecule has 31 heavy (non-hydrogen) atoms. The number of nitrogens with one attached hydrogen (secondary N) is 1. The molecule has 0 saturated heterocycles. The molecule has 168 valence electrons. The number of aromatic hydroxyl groups is 2. The molecule has 8 heteroatoms. The number of Topliss-reactive ketones (excluding diaryl/α,β-unsaturated/α-hetero) is 1. The number of aliphatic carboxylic acids is 1. The van der Waals surface area contributed by atoms with Gasteiger partial charge < -0.3 is 20.6 Å². The molecule has 0 spiro atoms. The van der Waals surface area contributed by atoms with Crippen LogP contribution < -0.4 is 5.32 Å². The first-order chi connectivity index (χ1) is 14.6. The Labute approximate surface area is 185 Å². The predicted octanol–water partition coefficient (Wildman–Crippen LogP) is 3.20.